The second kappa shape index (κ2) is 8.26. The third-order valence-electron chi connectivity index (χ3n) is 5.40. The van der Waals surface area contributed by atoms with E-state index < -0.39 is 22.8 Å². The van der Waals surface area contributed by atoms with Crippen LogP contribution in [0.1, 0.15) is 11.1 Å². The van der Waals surface area contributed by atoms with E-state index in [1.54, 1.807) is 36.4 Å². The Morgan fingerprint density at radius 1 is 1.00 bits per heavy atom. The molecule has 0 radical (unpaired) electrons. The lowest BCUT2D eigenvalue weighted by atomic mass is 10.1. The first-order chi connectivity index (χ1) is 15.9. The van der Waals surface area contributed by atoms with Crippen LogP contribution < -0.4 is 11.2 Å². The van der Waals surface area contributed by atoms with Crippen molar-refractivity contribution in [3.63, 3.8) is 0 Å². The minimum absolute atomic E-state index is 0.0298. The lowest BCUT2D eigenvalue weighted by Gasteiger charge is -2.14. The van der Waals surface area contributed by atoms with Crippen LogP contribution in [0.2, 0.25) is 0 Å². The minimum Gasteiger partial charge on any atom is -0.505 e. The van der Waals surface area contributed by atoms with Crippen LogP contribution in [0.4, 0.5) is 4.39 Å². The highest BCUT2D eigenvalue weighted by atomic mass is 32.2. The number of halogens is 1. The van der Waals surface area contributed by atoms with Crippen molar-refractivity contribution in [2.75, 3.05) is 0 Å². The van der Waals surface area contributed by atoms with Crippen molar-refractivity contribution < 1.29 is 13.9 Å². The van der Waals surface area contributed by atoms with Gasteiger partial charge in [0, 0.05) is 10.3 Å². The lowest BCUT2D eigenvalue weighted by molar-refractivity contribution is 0.446. The van der Waals surface area contributed by atoms with Crippen molar-refractivity contribution in [1.29, 1.82) is 0 Å². The molecular weight excluding hydrogens is 441 g/mol. The summed E-state index contributed by atoms with van der Waals surface area (Å²) < 4.78 is 20.8. The Hall–Kier alpha value is -3.84. The van der Waals surface area contributed by atoms with E-state index in [-0.39, 0.29) is 22.4 Å². The number of rotatable bonds is 4. The van der Waals surface area contributed by atoms with Gasteiger partial charge in [-0.3, -0.25) is 4.79 Å². The van der Waals surface area contributed by atoms with Gasteiger partial charge < -0.3 is 14.1 Å². The molecule has 0 bridgehead atoms. The summed E-state index contributed by atoms with van der Waals surface area (Å²) in [6.07, 6.45) is 0. The molecule has 0 atom stereocenters. The van der Waals surface area contributed by atoms with E-state index in [9.17, 15) is 19.1 Å². The largest absolute Gasteiger partial charge is 0.505 e. The number of aryl methyl sites for hydroxylation is 1. The predicted octanol–water partition coefficient (Wildman–Crippen LogP) is 5.46. The average Bonchev–Trinajstić information content (AvgIpc) is 2.79. The summed E-state index contributed by atoms with van der Waals surface area (Å²) in [5.41, 5.74) is 0.878. The van der Waals surface area contributed by atoms with Crippen LogP contribution >= 0.6 is 11.8 Å². The minimum atomic E-state index is -0.723. The first kappa shape index (κ1) is 21.0. The Kier molecular flexibility index (Phi) is 5.26. The van der Waals surface area contributed by atoms with E-state index >= 15 is 0 Å². The number of hydrogen-bond donors (Lipinski definition) is 1. The fraction of sp³-hybridized carbons (Fsp3) is 0.0769. The van der Waals surface area contributed by atoms with Gasteiger partial charge in [0.2, 0.25) is 0 Å². The smallest absolute Gasteiger partial charge is 0.354 e. The highest BCUT2D eigenvalue weighted by molar-refractivity contribution is 7.99. The zero-order valence-corrected chi connectivity index (χ0v) is 18.4. The van der Waals surface area contributed by atoms with Gasteiger partial charge in [0.1, 0.15) is 16.1 Å². The molecule has 0 saturated heterocycles. The van der Waals surface area contributed by atoms with Crippen LogP contribution in [-0.4, -0.2) is 9.67 Å². The number of nitrogens with zero attached hydrogens (tertiary/aromatic N) is 1. The van der Waals surface area contributed by atoms with Crippen LogP contribution in [0, 0.1) is 12.7 Å². The number of hydrogen-bond acceptors (Lipinski definition) is 5. The molecule has 2 aromatic heterocycles. The Morgan fingerprint density at radius 2 is 1.79 bits per heavy atom. The molecule has 7 heteroatoms. The molecule has 5 aromatic rings. The van der Waals surface area contributed by atoms with E-state index in [0.717, 1.165) is 22.2 Å². The quantitative estimate of drug-likeness (QED) is 0.361. The van der Waals surface area contributed by atoms with Crippen molar-refractivity contribution in [3.05, 3.63) is 111 Å². The summed E-state index contributed by atoms with van der Waals surface area (Å²) >= 11 is 1.04. The molecule has 5 rings (SSSR count). The average molecular weight is 459 g/mol. The van der Waals surface area contributed by atoms with Gasteiger partial charge >= 0.3 is 5.63 Å². The van der Waals surface area contributed by atoms with Gasteiger partial charge in [-0.25, -0.2) is 9.18 Å². The normalized spacial score (nSPS) is 11.3. The molecule has 3 aromatic carbocycles. The molecule has 2 heterocycles. The van der Waals surface area contributed by atoms with E-state index in [4.69, 9.17) is 4.42 Å². The van der Waals surface area contributed by atoms with Gasteiger partial charge in [0.15, 0.2) is 11.3 Å². The monoisotopic (exact) mass is 459 g/mol. The molecular formula is C26H18FNO4S. The molecule has 0 amide bonds. The van der Waals surface area contributed by atoms with E-state index in [2.05, 4.69) is 0 Å². The van der Waals surface area contributed by atoms with Crippen molar-refractivity contribution in [2.45, 2.75) is 23.3 Å². The van der Waals surface area contributed by atoms with Gasteiger partial charge in [-0.15, -0.1) is 0 Å². The summed E-state index contributed by atoms with van der Waals surface area (Å²) in [4.78, 5) is 27.1. The lowest BCUT2D eigenvalue weighted by Crippen LogP contribution is -2.22. The van der Waals surface area contributed by atoms with Crippen LogP contribution in [0.15, 0.2) is 96.6 Å². The van der Waals surface area contributed by atoms with Crippen LogP contribution in [0.3, 0.4) is 0 Å². The predicted molar refractivity (Wildman–Crippen MR) is 127 cm³/mol. The molecule has 0 aliphatic rings. The molecule has 33 heavy (non-hydrogen) atoms. The fourth-order valence-electron chi connectivity index (χ4n) is 3.90. The summed E-state index contributed by atoms with van der Waals surface area (Å²) in [6, 6.07) is 20.4. The SMILES string of the molecule is Cc1cccc(Sc2c(O)c3c(=O)n(Cc4cccc(F)c4)c4ccccc4c3oc2=O)c1. The molecule has 1 N–H and O–H groups in total. The van der Waals surface area contributed by atoms with Gasteiger partial charge in [0.05, 0.1) is 12.1 Å². The maximum Gasteiger partial charge on any atom is 0.354 e. The fourth-order valence-corrected chi connectivity index (χ4v) is 4.85. The Bertz CT molecular complexity index is 1650. The number of para-hydroxylation sites is 1. The summed E-state index contributed by atoms with van der Waals surface area (Å²) in [6.45, 7) is 2.01. The highest BCUT2D eigenvalue weighted by Gasteiger charge is 2.22. The molecule has 0 spiro atoms. The van der Waals surface area contributed by atoms with Crippen LogP contribution in [-0.2, 0) is 6.54 Å². The topological polar surface area (TPSA) is 72.4 Å². The first-order valence-corrected chi connectivity index (χ1v) is 11.0. The third-order valence-corrected chi connectivity index (χ3v) is 6.45. The number of aromatic hydroxyl groups is 1. The van der Waals surface area contributed by atoms with Crippen molar-refractivity contribution in [1.82, 2.24) is 4.57 Å². The number of aromatic nitrogens is 1. The van der Waals surface area contributed by atoms with E-state index in [1.807, 2.05) is 31.2 Å². The standard InChI is InChI=1S/C26H18FNO4S/c1-15-6-4-9-18(12-15)33-24-22(29)21-23(32-26(24)31)19-10-2-3-11-20(19)28(25(21)30)14-16-7-5-8-17(27)13-16/h2-13,29H,14H2,1H3. The summed E-state index contributed by atoms with van der Waals surface area (Å²) in [5, 5.41) is 11.5. The Balaban J connectivity index is 1.78. The molecule has 0 fully saturated rings. The maximum atomic E-state index is 13.8. The highest BCUT2D eigenvalue weighted by Crippen LogP contribution is 2.37. The zero-order chi connectivity index (χ0) is 23.1. The van der Waals surface area contributed by atoms with Crippen molar-refractivity contribution >= 4 is 33.6 Å². The number of pyridine rings is 1. The van der Waals surface area contributed by atoms with Gasteiger partial charge in [-0.05, 0) is 48.9 Å². The third kappa shape index (κ3) is 3.81. The second-order valence-electron chi connectivity index (χ2n) is 7.73. The van der Waals surface area contributed by atoms with E-state index in [0.29, 0.717) is 16.5 Å². The molecule has 0 unspecified atom stereocenters. The molecule has 0 saturated carbocycles. The van der Waals surface area contributed by atoms with Gasteiger partial charge in [0.25, 0.3) is 5.56 Å². The van der Waals surface area contributed by atoms with Crippen molar-refractivity contribution in [3.8, 4) is 5.75 Å². The number of fused-ring (bicyclic) bond motifs is 3. The van der Waals surface area contributed by atoms with Gasteiger partial charge in [-0.2, -0.15) is 0 Å². The van der Waals surface area contributed by atoms with Crippen LogP contribution in [0.5, 0.6) is 5.75 Å². The second-order valence-corrected chi connectivity index (χ2v) is 8.81. The number of benzene rings is 3. The Morgan fingerprint density at radius 3 is 2.58 bits per heavy atom. The summed E-state index contributed by atoms with van der Waals surface area (Å²) in [7, 11) is 0. The maximum absolute atomic E-state index is 13.8. The van der Waals surface area contributed by atoms with Crippen molar-refractivity contribution in [2.24, 2.45) is 0 Å². The molecule has 164 valence electrons. The van der Waals surface area contributed by atoms with Gasteiger partial charge in [-0.1, -0.05) is 53.7 Å². The Labute approximate surface area is 191 Å². The molecule has 0 aliphatic carbocycles. The van der Waals surface area contributed by atoms with Crippen LogP contribution in [0.25, 0.3) is 21.9 Å². The van der Waals surface area contributed by atoms with E-state index in [1.165, 1.54) is 16.7 Å². The zero-order valence-electron chi connectivity index (χ0n) is 17.5. The molecule has 5 nitrogen and oxygen atoms in total. The summed E-state index contributed by atoms with van der Waals surface area (Å²) in [5.74, 6) is -0.826. The molecule has 0 aliphatic heterocycles. The first-order valence-electron chi connectivity index (χ1n) is 10.2.